The first kappa shape index (κ1) is 17.2. The molecule has 0 saturated carbocycles. The van der Waals surface area contributed by atoms with E-state index in [0.717, 1.165) is 18.5 Å². The summed E-state index contributed by atoms with van der Waals surface area (Å²) < 4.78 is 5.36. The molecule has 1 saturated heterocycles. The Hall–Kier alpha value is -2.11. The predicted molar refractivity (Wildman–Crippen MR) is 85.0 cm³/mol. The third-order valence-electron chi connectivity index (χ3n) is 3.83. The molecule has 1 aliphatic rings. The highest BCUT2D eigenvalue weighted by Gasteiger charge is 2.41. The van der Waals surface area contributed by atoms with Crippen molar-refractivity contribution in [3.63, 3.8) is 0 Å². The molecule has 6 heteroatoms. The van der Waals surface area contributed by atoms with Gasteiger partial charge in [-0.25, -0.2) is 9.59 Å². The molecular weight excluding hydrogens is 296 g/mol. The van der Waals surface area contributed by atoms with Gasteiger partial charge in [0.15, 0.2) is 0 Å². The van der Waals surface area contributed by atoms with Crippen molar-refractivity contribution in [2.75, 3.05) is 6.54 Å². The third kappa shape index (κ3) is 4.68. The fraction of sp³-hybridized carbons (Fsp3) is 0.588. The first-order chi connectivity index (χ1) is 10.8. The Morgan fingerprint density at radius 1 is 1.39 bits per heavy atom. The molecular formula is C17H24N2O4. The highest BCUT2D eigenvalue weighted by molar-refractivity contribution is 5.80. The van der Waals surface area contributed by atoms with E-state index in [4.69, 9.17) is 4.74 Å². The maximum Gasteiger partial charge on any atom is 0.411 e. The Balaban J connectivity index is 2.16. The SMILES string of the molecule is CC(C)(C)OC(=O)N1CCC[C@H](Cc2ccccn2)[C@@H]1C(=O)O. The molecule has 1 aromatic heterocycles. The van der Waals surface area contributed by atoms with E-state index in [1.165, 1.54) is 4.90 Å². The molecule has 1 aliphatic heterocycles. The quantitative estimate of drug-likeness (QED) is 0.926. The lowest BCUT2D eigenvalue weighted by molar-refractivity contribution is -0.146. The molecule has 0 aliphatic carbocycles. The first-order valence-corrected chi connectivity index (χ1v) is 7.90. The summed E-state index contributed by atoms with van der Waals surface area (Å²) in [5.41, 5.74) is 0.198. The molecule has 1 aromatic rings. The van der Waals surface area contributed by atoms with E-state index < -0.39 is 23.7 Å². The zero-order chi connectivity index (χ0) is 17.0. The largest absolute Gasteiger partial charge is 0.480 e. The Morgan fingerprint density at radius 2 is 2.13 bits per heavy atom. The number of ether oxygens (including phenoxy) is 1. The minimum absolute atomic E-state index is 0.163. The van der Waals surface area contributed by atoms with Crippen molar-refractivity contribution in [3.05, 3.63) is 30.1 Å². The number of nitrogens with zero attached hydrogens (tertiary/aromatic N) is 2. The topological polar surface area (TPSA) is 79.7 Å². The van der Waals surface area contributed by atoms with Crippen molar-refractivity contribution in [1.29, 1.82) is 0 Å². The maximum atomic E-state index is 12.4. The van der Waals surface area contributed by atoms with E-state index in [-0.39, 0.29) is 5.92 Å². The number of pyridine rings is 1. The molecule has 0 aromatic carbocycles. The molecule has 0 radical (unpaired) electrons. The number of hydrogen-bond donors (Lipinski definition) is 1. The number of rotatable bonds is 3. The predicted octanol–water partition coefficient (Wildman–Crippen LogP) is 2.72. The van der Waals surface area contributed by atoms with Crippen LogP contribution in [0.4, 0.5) is 4.79 Å². The maximum absolute atomic E-state index is 12.4. The lowest BCUT2D eigenvalue weighted by Crippen LogP contribution is -2.54. The zero-order valence-electron chi connectivity index (χ0n) is 13.9. The number of piperidine rings is 1. The van der Waals surface area contributed by atoms with Crippen molar-refractivity contribution >= 4 is 12.1 Å². The number of amides is 1. The average Bonchev–Trinajstić information content (AvgIpc) is 2.46. The Labute approximate surface area is 136 Å². The summed E-state index contributed by atoms with van der Waals surface area (Å²) in [6.07, 6.45) is 3.19. The standard InChI is InChI=1S/C17H24N2O4/c1-17(2,3)23-16(22)19-10-6-7-12(14(19)15(20)21)11-13-8-4-5-9-18-13/h4-5,8-9,12,14H,6-7,10-11H2,1-3H3,(H,20,21)/t12-,14-/m1/s1. The fourth-order valence-electron chi connectivity index (χ4n) is 2.94. The van der Waals surface area contributed by atoms with E-state index in [9.17, 15) is 14.7 Å². The number of carboxylic acid groups (broad SMARTS) is 1. The Morgan fingerprint density at radius 3 is 2.70 bits per heavy atom. The van der Waals surface area contributed by atoms with Crippen LogP contribution in [-0.4, -0.2) is 45.2 Å². The van der Waals surface area contributed by atoms with Gasteiger partial charge in [-0.2, -0.15) is 0 Å². The van der Waals surface area contributed by atoms with Gasteiger partial charge in [-0.05, 0) is 58.1 Å². The second-order valence-electron chi connectivity index (χ2n) is 6.88. The van der Waals surface area contributed by atoms with Gasteiger partial charge < -0.3 is 9.84 Å². The van der Waals surface area contributed by atoms with E-state index in [2.05, 4.69) is 4.98 Å². The van der Waals surface area contributed by atoms with Crippen LogP contribution < -0.4 is 0 Å². The minimum atomic E-state index is -0.989. The Bertz CT molecular complexity index is 553. The molecule has 6 nitrogen and oxygen atoms in total. The molecule has 1 N–H and O–H groups in total. The summed E-state index contributed by atoms with van der Waals surface area (Å²) in [7, 11) is 0. The smallest absolute Gasteiger partial charge is 0.411 e. The van der Waals surface area contributed by atoms with Crippen LogP contribution in [0.25, 0.3) is 0 Å². The summed E-state index contributed by atoms with van der Waals surface area (Å²) in [4.78, 5) is 29.7. The van der Waals surface area contributed by atoms with Gasteiger partial charge in [-0.3, -0.25) is 9.88 Å². The molecule has 1 amide bonds. The minimum Gasteiger partial charge on any atom is -0.480 e. The molecule has 126 valence electrons. The highest BCUT2D eigenvalue weighted by Crippen LogP contribution is 2.28. The van der Waals surface area contributed by atoms with Gasteiger partial charge in [-0.15, -0.1) is 0 Å². The van der Waals surface area contributed by atoms with Crippen LogP contribution in [0.1, 0.15) is 39.3 Å². The van der Waals surface area contributed by atoms with E-state index in [1.54, 1.807) is 27.0 Å². The molecule has 23 heavy (non-hydrogen) atoms. The van der Waals surface area contributed by atoms with Gasteiger partial charge in [0.1, 0.15) is 11.6 Å². The van der Waals surface area contributed by atoms with E-state index in [1.807, 2.05) is 18.2 Å². The van der Waals surface area contributed by atoms with Crippen LogP contribution >= 0.6 is 0 Å². The summed E-state index contributed by atoms with van der Waals surface area (Å²) >= 11 is 0. The molecule has 1 fully saturated rings. The van der Waals surface area contributed by atoms with Crippen molar-refractivity contribution in [3.8, 4) is 0 Å². The van der Waals surface area contributed by atoms with Crippen LogP contribution in [0.3, 0.4) is 0 Å². The second-order valence-corrected chi connectivity index (χ2v) is 6.88. The van der Waals surface area contributed by atoms with Crippen LogP contribution in [-0.2, 0) is 16.0 Å². The van der Waals surface area contributed by atoms with Crippen molar-refractivity contribution in [2.45, 2.75) is 51.7 Å². The molecule has 0 bridgehead atoms. The summed E-state index contributed by atoms with van der Waals surface area (Å²) in [6.45, 7) is 5.73. The van der Waals surface area contributed by atoms with Gasteiger partial charge in [0.2, 0.25) is 0 Å². The fourth-order valence-corrected chi connectivity index (χ4v) is 2.94. The number of aliphatic carboxylic acids is 1. The molecule has 2 atom stereocenters. The number of carboxylic acids is 1. The van der Waals surface area contributed by atoms with Crippen molar-refractivity contribution in [2.24, 2.45) is 5.92 Å². The zero-order valence-corrected chi connectivity index (χ0v) is 13.9. The van der Waals surface area contributed by atoms with Gasteiger partial charge >= 0.3 is 12.1 Å². The summed E-state index contributed by atoms with van der Waals surface area (Å²) in [5, 5.41) is 9.63. The molecule has 0 unspecified atom stereocenters. The molecule has 2 rings (SSSR count). The van der Waals surface area contributed by atoms with Gasteiger partial charge in [-0.1, -0.05) is 6.07 Å². The van der Waals surface area contributed by atoms with Crippen LogP contribution in [0.15, 0.2) is 24.4 Å². The third-order valence-corrected chi connectivity index (χ3v) is 3.83. The molecule has 0 spiro atoms. The number of likely N-dealkylation sites (tertiary alicyclic amines) is 1. The lowest BCUT2D eigenvalue weighted by Gasteiger charge is -2.39. The second kappa shape index (κ2) is 6.98. The van der Waals surface area contributed by atoms with Crippen molar-refractivity contribution in [1.82, 2.24) is 9.88 Å². The monoisotopic (exact) mass is 320 g/mol. The van der Waals surface area contributed by atoms with Crippen LogP contribution in [0.2, 0.25) is 0 Å². The summed E-state index contributed by atoms with van der Waals surface area (Å²) in [6, 6.07) is 4.71. The highest BCUT2D eigenvalue weighted by atomic mass is 16.6. The van der Waals surface area contributed by atoms with Gasteiger partial charge in [0.05, 0.1) is 0 Å². The first-order valence-electron chi connectivity index (χ1n) is 7.90. The lowest BCUT2D eigenvalue weighted by atomic mass is 9.85. The van der Waals surface area contributed by atoms with Crippen molar-refractivity contribution < 1.29 is 19.4 Å². The summed E-state index contributed by atoms with van der Waals surface area (Å²) in [5.74, 6) is -1.15. The average molecular weight is 320 g/mol. The van der Waals surface area contributed by atoms with Gasteiger partial charge in [0.25, 0.3) is 0 Å². The number of carbonyl (C=O) groups is 2. The van der Waals surface area contributed by atoms with Gasteiger partial charge in [0, 0.05) is 18.4 Å². The van der Waals surface area contributed by atoms with Crippen LogP contribution in [0, 0.1) is 5.92 Å². The molecule has 2 heterocycles. The van der Waals surface area contributed by atoms with Crippen LogP contribution in [0.5, 0.6) is 0 Å². The van der Waals surface area contributed by atoms with E-state index >= 15 is 0 Å². The normalized spacial score (nSPS) is 21.8. The number of aromatic nitrogens is 1. The Kier molecular flexibility index (Phi) is 5.23. The number of hydrogen-bond acceptors (Lipinski definition) is 4. The number of carbonyl (C=O) groups excluding carboxylic acids is 1. The van der Waals surface area contributed by atoms with E-state index in [0.29, 0.717) is 13.0 Å².